The molecule has 21 heavy (non-hydrogen) atoms. The number of aliphatic hydroxyl groups excluding tert-OH is 1. The number of carbonyl (C=O) groups excluding carboxylic acids is 1. The number of aryl methyl sites for hydroxylation is 1. The minimum absolute atomic E-state index is 0.177. The van der Waals surface area contributed by atoms with E-state index in [9.17, 15) is 9.90 Å². The van der Waals surface area contributed by atoms with Crippen molar-refractivity contribution in [3.63, 3.8) is 0 Å². The third-order valence-corrected chi connectivity index (χ3v) is 5.54. The van der Waals surface area contributed by atoms with E-state index in [0.29, 0.717) is 25.4 Å². The number of carbonyl (C=O) groups is 1. The first kappa shape index (κ1) is 14.6. The Morgan fingerprint density at radius 3 is 2.95 bits per heavy atom. The van der Waals surface area contributed by atoms with Gasteiger partial charge in [-0.3, -0.25) is 4.79 Å². The number of aliphatic hydroxyl groups is 1. The van der Waals surface area contributed by atoms with Gasteiger partial charge in [-0.1, -0.05) is 13.8 Å². The van der Waals surface area contributed by atoms with Crippen LogP contribution >= 0.6 is 0 Å². The van der Waals surface area contributed by atoms with Crippen LogP contribution in [0.5, 0.6) is 0 Å². The van der Waals surface area contributed by atoms with Crippen molar-refractivity contribution >= 4 is 5.97 Å². The van der Waals surface area contributed by atoms with E-state index < -0.39 is 0 Å². The van der Waals surface area contributed by atoms with E-state index in [2.05, 4.69) is 13.8 Å². The second kappa shape index (κ2) is 4.87. The van der Waals surface area contributed by atoms with Gasteiger partial charge in [0.05, 0.1) is 19.0 Å². The van der Waals surface area contributed by atoms with Gasteiger partial charge in [0.25, 0.3) is 0 Å². The molecule has 0 saturated heterocycles. The van der Waals surface area contributed by atoms with Crippen molar-refractivity contribution in [2.24, 2.45) is 11.3 Å². The van der Waals surface area contributed by atoms with Gasteiger partial charge in [-0.2, -0.15) is 0 Å². The SMILES string of the molecule is CC(=O)OC[C@]1(C)C[C@@H](O)C[C@@]2(C)c3occc3CC[C@H]12. The lowest BCUT2D eigenvalue weighted by Crippen LogP contribution is -2.54. The molecule has 1 heterocycles. The van der Waals surface area contributed by atoms with Gasteiger partial charge in [0.2, 0.25) is 0 Å². The van der Waals surface area contributed by atoms with Gasteiger partial charge in [0.15, 0.2) is 0 Å². The van der Waals surface area contributed by atoms with E-state index in [0.717, 1.165) is 18.6 Å². The zero-order chi connectivity index (χ0) is 15.3. The van der Waals surface area contributed by atoms with Crippen LogP contribution in [0.1, 0.15) is 51.4 Å². The van der Waals surface area contributed by atoms with Gasteiger partial charge in [0.1, 0.15) is 5.76 Å². The zero-order valence-electron chi connectivity index (χ0n) is 13.0. The Hall–Kier alpha value is -1.29. The maximum absolute atomic E-state index is 11.2. The van der Waals surface area contributed by atoms with Gasteiger partial charge in [-0.25, -0.2) is 0 Å². The third-order valence-electron chi connectivity index (χ3n) is 5.54. The van der Waals surface area contributed by atoms with Gasteiger partial charge < -0.3 is 14.3 Å². The normalized spacial score (nSPS) is 38.5. The van der Waals surface area contributed by atoms with E-state index >= 15 is 0 Å². The number of ether oxygens (including phenoxy) is 1. The summed E-state index contributed by atoms with van der Waals surface area (Å²) in [6.07, 6.45) is 4.81. The Morgan fingerprint density at radius 1 is 1.48 bits per heavy atom. The fraction of sp³-hybridized carbons (Fsp3) is 0.706. The maximum Gasteiger partial charge on any atom is 0.302 e. The number of furan rings is 1. The van der Waals surface area contributed by atoms with E-state index in [4.69, 9.17) is 9.15 Å². The Balaban J connectivity index is 1.97. The molecule has 1 aromatic heterocycles. The highest BCUT2D eigenvalue weighted by Gasteiger charge is 2.56. The summed E-state index contributed by atoms with van der Waals surface area (Å²) in [7, 11) is 0. The third kappa shape index (κ3) is 2.30. The fourth-order valence-electron chi connectivity index (χ4n) is 4.83. The Morgan fingerprint density at radius 2 is 2.24 bits per heavy atom. The molecule has 4 heteroatoms. The Bertz CT molecular complexity index is 549. The molecule has 0 bridgehead atoms. The summed E-state index contributed by atoms with van der Waals surface area (Å²) in [4.78, 5) is 11.2. The van der Waals surface area contributed by atoms with E-state index in [1.54, 1.807) is 6.26 Å². The van der Waals surface area contributed by atoms with E-state index in [1.807, 2.05) is 6.07 Å². The monoisotopic (exact) mass is 292 g/mol. The Kier molecular flexibility index (Phi) is 3.40. The lowest BCUT2D eigenvalue weighted by atomic mass is 9.51. The first-order chi connectivity index (χ1) is 9.85. The first-order valence-electron chi connectivity index (χ1n) is 7.73. The van der Waals surface area contributed by atoms with Crippen molar-refractivity contribution in [2.45, 2.75) is 58.0 Å². The van der Waals surface area contributed by atoms with Crippen molar-refractivity contribution in [3.8, 4) is 0 Å². The molecular weight excluding hydrogens is 268 g/mol. The van der Waals surface area contributed by atoms with Crippen LogP contribution in [-0.4, -0.2) is 23.8 Å². The van der Waals surface area contributed by atoms with E-state index in [-0.39, 0.29) is 22.9 Å². The summed E-state index contributed by atoms with van der Waals surface area (Å²) in [6.45, 7) is 6.13. The molecule has 1 saturated carbocycles. The molecule has 116 valence electrons. The van der Waals surface area contributed by atoms with Crippen molar-refractivity contribution in [1.29, 1.82) is 0 Å². The van der Waals surface area contributed by atoms with Crippen LogP contribution in [0.4, 0.5) is 0 Å². The predicted octanol–water partition coefficient (Wildman–Crippen LogP) is 2.82. The summed E-state index contributed by atoms with van der Waals surface area (Å²) in [5.74, 6) is 1.12. The quantitative estimate of drug-likeness (QED) is 0.852. The lowest BCUT2D eigenvalue weighted by Gasteiger charge is -2.54. The molecule has 0 unspecified atom stereocenters. The molecule has 0 amide bonds. The summed E-state index contributed by atoms with van der Waals surface area (Å²) in [5, 5.41) is 10.4. The van der Waals surface area contributed by atoms with Crippen LogP contribution in [-0.2, 0) is 21.4 Å². The van der Waals surface area contributed by atoms with Crippen LogP contribution in [0, 0.1) is 11.3 Å². The van der Waals surface area contributed by atoms with Gasteiger partial charge >= 0.3 is 5.97 Å². The van der Waals surface area contributed by atoms with Gasteiger partial charge in [-0.15, -0.1) is 0 Å². The predicted molar refractivity (Wildman–Crippen MR) is 77.9 cm³/mol. The lowest BCUT2D eigenvalue weighted by molar-refractivity contribution is -0.152. The molecule has 1 aromatic rings. The highest BCUT2D eigenvalue weighted by molar-refractivity contribution is 5.65. The minimum atomic E-state index is -0.386. The maximum atomic E-state index is 11.2. The second-order valence-electron chi connectivity index (χ2n) is 7.28. The molecular formula is C17H24O4. The number of hydrogen-bond acceptors (Lipinski definition) is 4. The van der Waals surface area contributed by atoms with Crippen molar-refractivity contribution in [1.82, 2.24) is 0 Å². The van der Waals surface area contributed by atoms with Crippen LogP contribution in [0.2, 0.25) is 0 Å². The smallest absolute Gasteiger partial charge is 0.302 e. The highest BCUT2D eigenvalue weighted by atomic mass is 16.5. The number of esters is 1. The minimum Gasteiger partial charge on any atom is -0.468 e. The van der Waals surface area contributed by atoms with Crippen LogP contribution in [0.25, 0.3) is 0 Å². The van der Waals surface area contributed by atoms with Crippen molar-refractivity contribution in [2.75, 3.05) is 6.61 Å². The molecule has 0 radical (unpaired) electrons. The number of fused-ring (bicyclic) bond motifs is 3. The van der Waals surface area contributed by atoms with Gasteiger partial charge in [0, 0.05) is 17.8 Å². The largest absolute Gasteiger partial charge is 0.468 e. The molecule has 1 N–H and O–H groups in total. The summed E-state index contributed by atoms with van der Waals surface area (Å²) in [6, 6.07) is 2.04. The summed E-state index contributed by atoms with van der Waals surface area (Å²) >= 11 is 0. The number of hydrogen-bond donors (Lipinski definition) is 1. The molecule has 3 rings (SSSR count). The average Bonchev–Trinajstić information content (AvgIpc) is 2.85. The summed E-state index contributed by atoms with van der Waals surface area (Å²) in [5.41, 5.74) is 0.879. The highest BCUT2D eigenvalue weighted by Crippen LogP contribution is 2.57. The molecule has 4 atom stereocenters. The molecule has 0 spiro atoms. The molecule has 0 aliphatic heterocycles. The van der Waals surface area contributed by atoms with E-state index in [1.165, 1.54) is 12.5 Å². The molecule has 4 nitrogen and oxygen atoms in total. The van der Waals surface area contributed by atoms with Gasteiger partial charge in [-0.05, 0) is 43.2 Å². The zero-order valence-corrected chi connectivity index (χ0v) is 13.0. The molecule has 0 aromatic carbocycles. The standard InChI is InChI=1S/C17H24O4/c1-11(18)21-10-16(2)8-13(19)9-17(3)14(16)5-4-12-6-7-20-15(12)17/h6-7,13-14,19H,4-5,8-10H2,1-3H3/t13-,14-,16+,17-/m1/s1. The van der Waals surface area contributed by atoms with Crippen LogP contribution in [0.3, 0.4) is 0 Å². The molecule has 1 fully saturated rings. The second-order valence-corrected chi connectivity index (χ2v) is 7.28. The summed E-state index contributed by atoms with van der Waals surface area (Å²) < 4.78 is 11.1. The van der Waals surface area contributed by atoms with Crippen LogP contribution < -0.4 is 0 Å². The first-order valence-corrected chi connectivity index (χ1v) is 7.73. The van der Waals surface area contributed by atoms with Crippen LogP contribution in [0.15, 0.2) is 16.7 Å². The average molecular weight is 292 g/mol. The number of rotatable bonds is 2. The topological polar surface area (TPSA) is 59.7 Å². The fourth-order valence-corrected chi connectivity index (χ4v) is 4.83. The Labute approximate surface area is 125 Å². The molecule has 2 aliphatic carbocycles. The molecule has 2 aliphatic rings. The van der Waals surface area contributed by atoms with Crippen molar-refractivity contribution < 1.29 is 19.1 Å². The van der Waals surface area contributed by atoms with Crippen molar-refractivity contribution in [3.05, 3.63) is 23.7 Å².